The monoisotopic (exact) mass is 516 g/mol. The van der Waals surface area contributed by atoms with Gasteiger partial charge in [-0.25, -0.2) is 4.79 Å². The number of carbonyl (C=O) groups excluding carboxylic acids is 1. The molecule has 4 rings (SSSR count). The maximum atomic E-state index is 13.9. The molecule has 3 aromatic rings. The van der Waals surface area contributed by atoms with Gasteiger partial charge in [0.1, 0.15) is 0 Å². The van der Waals surface area contributed by atoms with Crippen molar-refractivity contribution in [3.8, 4) is 11.1 Å². The van der Waals surface area contributed by atoms with Crippen LogP contribution in [0.25, 0.3) is 11.1 Å². The molecule has 0 saturated carbocycles. The van der Waals surface area contributed by atoms with E-state index in [9.17, 15) is 14.7 Å². The largest absolute Gasteiger partial charge is 0.478 e. The second-order valence-corrected chi connectivity index (χ2v) is 10.2. The lowest BCUT2D eigenvalue weighted by atomic mass is 9.94. The Hall–Kier alpha value is -3.52. The van der Waals surface area contributed by atoms with Gasteiger partial charge in [-0.15, -0.1) is 0 Å². The fourth-order valence-electron chi connectivity index (χ4n) is 4.99. The zero-order valence-corrected chi connectivity index (χ0v) is 22.2. The quantitative estimate of drug-likeness (QED) is 0.479. The number of aliphatic hydroxyl groups excluding tert-OH is 1. The van der Waals surface area contributed by atoms with Crippen LogP contribution in [0.2, 0.25) is 0 Å². The number of aliphatic hydroxyl groups is 1. The van der Waals surface area contributed by atoms with Crippen LogP contribution < -0.4 is 0 Å². The number of carboxylic acid groups (broad SMARTS) is 1. The molecule has 7 heteroatoms. The minimum atomic E-state index is -0.941. The summed E-state index contributed by atoms with van der Waals surface area (Å²) in [5, 5.41) is 19.2. The van der Waals surface area contributed by atoms with E-state index in [1.54, 1.807) is 17.0 Å². The van der Waals surface area contributed by atoms with E-state index in [4.69, 9.17) is 9.84 Å². The standard InChI is InChI=1S/C31H36N2O5/c1-21-16-33(22(2)19-34)30(35)28-11-7-6-10-27(28)26-9-5-4-8-25(26)20-38-29(21)18-32(3)17-23-12-14-24(15-13-23)31(36)37/h4-15,21-22,29,34H,16-20H2,1-3H3,(H,36,37)/t21-,22+,29-/m0/s1. The Morgan fingerprint density at radius 3 is 2.32 bits per heavy atom. The average Bonchev–Trinajstić information content (AvgIpc) is 2.94. The summed E-state index contributed by atoms with van der Waals surface area (Å²) in [6.45, 7) is 5.91. The van der Waals surface area contributed by atoms with Gasteiger partial charge in [-0.2, -0.15) is 0 Å². The van der Waals surface area contributed by atoms with Crippen LogP contribution in [0.5, 0.6) is 0 Å². The number of rotatable bonds is 7. The van der Waals surface area contributed by atoms with E-state index in [1.807, 2.05) is 74.6 Å². The Labute approximate surface area is 224 Å². The Bertz CT molecular complexity index is 1260. The molecule has 1 aliphatic heterocycles. The van der Waals surface area contributed by atoms with Crippen molar-refractivity contribution in [3.63, 3.8) is 0 Å². The third-order valence-corrected chi connectivity index (χ3v) is 7.24. The highest BCUT2D eigenvalue weighted by atomic mass is 16.5. The molecule has 0 fully saturated rings. The van der Waals surface area contributed by atoms with Gasteiger partial charge in [0.05, 0.1) is 30.9 Å². The van der Waals surface area contributed by atoms with Crippen molar-refractivity contribution in [1.82, 2.24) is 9.80 Å². The van der Waals surface area contributed by atoms with Gasteiger partial charge in [-0.3, -0.25) is 9.69 Å². The van der Waals surface area contributed by atoms with Gasteiger partial charge in [-0.05, 0) is 54.4 Å². The average molecular weight is 517 g/mol. The Kier molecular flexibility index (Phi) is 8.94. The van der Waals surface area contributed by atoms with E-state index in [1.165, 1.54) is 0 Å². The van der Waals surface area contributed by atoms with E-state index in [0.29, 0.717) is 31.8 Å². The fraction of sp³-hybridized carbons (Fsp3) is 0.355. The van der Waals surface area contributed by atoms with E-state index in [0.717, 1.165) is 22.3 Å². The molecule has 0 radical (unpaired) electrons. The second-order valence-electron chi connectivity index (χ2n) is 10.2. The molecular formula is C31H36N2O5. The number of hydrogen-bond acceptors (Lipinski definition) is 5. The molecule has 3 aromatic carbocycles. The lowest BCUT2D eigenvalue weighted by Gasteiger charge is -2.35. The number of benzene rings is 3. The zero-order valence-electron chi connectivity index (χ0n) is 22.2. The number of carboxylic acids is 1. The molecule has 2 N–H and O–H groups in total. The molecule has 0 spiro atoms. The Morgan fingerprint density at radius 1 is 1.03 bits per heavy atom. The van der Waals surface area contributed by atoms with Crippen LogP contribution in [0, 0.1) is 5.92 Å². The molecule has 7 nitrogen and oxygen atoms in total. The molecule has 0 saturated heterocycles. The summed E-state index contributed by atoms with van der Waals surface area (Å²) in [5.74, 6) is -1.05. The Balaban J connectivity index is 1.63. The van der Waals surface area contributed by atoms with Crippen LogP contribution in [0.4, 0.5) is 0 Å². The molecule has 3 atom stereocenters. The number of fused-ring (bicyclic) bond motifs is 3. The van der Waals surface area contributed by atoms with Crippen molar-refractivity contribution in [1.29, 1.82) is 0 Å². The highest BCUT2D eigenvalue weighted by Gasteiger charge is 2.30. The van der Waals surface area contributed by atoms with Gasteiger partial charge in [-0.1, -0.05) is 61.5 Å². The number of nitrogens with zero attached hydrogens (tertiary/aromatic N) is 2. The first-order chi connectivity index (χ1) is 18.3. The number of amides is 1. The van der Waals surface area contributed by atoms with E-state index < -0.39 is 5.97 Å². The van der Waals surface area contributed by atoms with Crippen molar-refractivity contribution in [2.75, 3.05) is 26.7 Å². The van der Waals surface area contributed by atoms with Crippen LogP contribution in [0.3, 0.4) is 0 Å². The number of aromatic carboxylic acids is 1. The van der Waals surface area contributed by atoms with E-state index >= 15 is 0 Å². The lowest BCUT2D eigenvalue weighted by molar-refractivity contribution is -0.0241. The summed E-state index contributed by atoms with van der Waals surface area (Å²) < 4.78 is 6.56. The van der Waals surface area contributed by atoms with Crippen molar-refractivity contribution >= 4 is 11.9 Å². The summed E-state index contributed by atoms with van der Waals surface area (Å²) in [4.78, 5) is 29.0. The molecule has 1 heterocycles. The normalized spacial score (nSPS) is 18.9. The summed E-state index contributed by atoms with van der Waals surface area (Å²) in [7, 11) is 2.01. The van der Waals surface area contributed by atoms with Gasteiger partial charge < -0.3 is 19.8 Å². The zero-order chi connectivity index (χ0) is 27.2. The van der Waals surface area contributed by atoms with Crippen LogP contribution in [-0.2, 0) is 17.9 Å². The van der Waals surface area contributed by atoms with Crippen molar-refractivity contribution in [3.05, 3.63) is 95.1 Å². The molecule has 1 amide bonds. The first-order valence-electron chi connectivity index (χ1n) is 13.0. The highest BCUT2D eigenvalue weighted by Crippen LogP contribution is 2.31. The molecule has 0 unspecified atom stereocenters. The molecule has 0 aliphatic carbocycles. The van der Waals surface area contributed by atoms with Crippen LogP contribution in [0.15, 0.2) is 72.8 Å². The van der Waals surface area contributed by atoms with Crippen LogP contribution in [-0.4, -0.2) is 70.8 Å². The second kappa shape index (κ2) is 12.3. The lowest BCUT2D eigenvalue weighted by Crippen LogP contribution is -2.47. The molecule has 38 heavy (non-hydrogen) atoms. The molecular weight excluding hydrogens is 480 g/mol. The predicted molar refractivity (Wildman–Crippen MR) is 147 cm³/mol. The summed E-state index contributed by atoms with van der Waals surface area (Å²) in [6.07, 6.45) is -0.186. The summed E-state index contributed by atoms with van der Waals surface area (Å²) in [6, 6.07) is 22.2. The number of ether oxygens (including phenoxy) is 1. The molecule has 200 valence electrons. The highest BCUT2D eigenvalue weighted by molar-refractivity contribution is 6.01. The van der Waals surface area contributed by atoms with E-state index in [-0.39, 0.29) is 36.1 Å². The third kappa shape index (κ3) is 6.30. The maximum absolute atomic E-state index is 13.9. The molecule has 1 aliphatic rings. The number of likely N-dealkylation sites (N-methyl/N-ethyl adjacent to an activating group) is 1. The van der Waals surface area contributed by atoms with Gasteiger partial charge in [0.15, 0.2) is 0 Å². The smallest absolute Gasteiger partial charge is 0.335 e. The third-order valence-electron chi connectivity index (χ3n) is 7.24. The van der Waals surface area contributed by atoms with Crippen LogP contribution in [0.1, 0.15) is 45.7 Å². The minimum absolute atomic E-state index is 0.0118. The van der Waals surface area contributed by atoms with Crippen molar-refractivity contribution in [2.24, 2.45) is 5.92 Å². The molecule has 0 aromatic heterocycles. The van der Waals surface area contributed by atoms with Gasteiger partial charge in [0.2, 0.25) is 0 Å². The Morgan fingerprint density at radius 2 is 1.66 bits per heavy atom. The first kappa shape index (κ1) is 27.5. The van der Waals surface area contributed by atoms with Gasteiger partial charge in [0.25, 0.3) is 5.91 Å². The maximum Gasteiger partial charge on any atom is 0.335 e. The SMILES string of the molecule is C[C@H](CO)N1C[C@H](C)[C@H](CN(C)Cc2ccc(C(=O)O)cc2)OCc2ccccc2-c2ccccc2C1=O. The fourth-order valence-corrected chi connectivity index (χ4v) is 4.99. The number of carbonyl (C=O) groups is 2. The van der Waals surface area contributed by atoms with Crippen molar-refractivity contribution in [2.45, 2.75) is 39.1 Å². The molecule has 0 bridgehead atoms. The van der Waals surface area contributed by atoms with Crippen LogP contribution >= 0.6 is 0 Å². The topological polar surface area (TPSA) is 90.3 Å². The summed E-state index contributed by atoms with van der Waals surface area (Å²) >= 11 is 0. The van der Waals surface area contributed by atoms with E-state index in [2.05, 4.69) is 11.8 Å². The van der Waals surface area contributed by atoms with Gasteiger partial charge >= 0.3 is 5.97 Å². The first-order valence-corrected chi connectivity index (χ1v) is 13.0. The minimum Gasteiger partial charge on any atom is -0.478 e. The van der Waals surface area contributed by atoms with Gasteiger partial charge in [0, 0.05) is 31.1 Å². The number of hydrogen-bond donors (Lipinski definition) is 2. The predicted octanol–water partition coefficient (Wildman–Crippen LogP) is 4.54. The summed E-state index contributed by atoms with van der Waals surface area (Å²) in [5.41, 5.74) is 4.73. The van der Waals surface area contributed by atoms with Crippen molar-refractivity contribution < 1.29 is 24.5 Å².